The van der Waals surface area contributed by atoms with E-state index in [9.17, 15) is 10.2 Å². The van der Waals surface area contributed by atoms with Gasteiger partial charge in [-0.3, -0.25) is 5.43 Å². The second-order valence-corrected chi connectivity index (χ2v) is 5.50. The monoisotopic (exact) mass is 334 g/mol. The molecule has 0 radical (unpaired) electrons. The van der Waals surface area contributed by atoms with Crippen molar-refractivity contribution in [3.8, 4) is 11.5 Å². The van der Waals surface area contributed by atoms with E-state index in [-0.39, 0.29) is 11.5 Å². The topological polar surface area (TPSA) is 108 Å². The molecule has 4 rings (SSSR count). The van der Waals surface area contributed by atoms with Crippen molar-refractivity contribution in [1.82, 2.24) is 19.8 Å². The number of hydrogen-bond acceptors (Lipinski definition) is 7. The first-order valence-electron chi connectivity index (χ1n) is 7.55. The molecular formula is C17H14N6O2. The Kier molecular flexibility index (Phi) is 3.42. The van der Waals surface area contributed by atoms with Gasteiger partial charge in [-0.15, -0.1) is 15.3 Å². The summed E-state index contributed by atoms with van der Waals surface area (Å²) in [4.78, 5) is 0. The highest BCUT2D eigenvalue weighted by molar-refractivity contribution is 6.03. The largest absolute Gasteiger partial charge is 0.508 e. The van der Waals surface area contributed by atoms with E-state index in [2.05, 4.69) is 25.8 Å². The maximum atomic E-state index is 9.94. The lowest BCUT2D eigenvalue weighted by atomic mass is 10.1. The molecule has 0 aliphatic rings. The molecule has 0 fully saturated rings. The SMILES string of the molecule is C/C(=N\Nc1nn2cnnc2c2ccccc12)c1ccc(O)cc1O. The third kappa shape index (κ3) is 2.59. The van der Waals surface area contributed by atoms with Crippen LogP contribution in [-0.2, 0) is 0 Å². The highest BCUT2D eigenvalue weighted by Crippen LogP contribution is 2.25. The van der Waals surface area contributed by atoms with Crippen LogP contribution in [0.15, 0.2) is 53.9 Å². The number of nitrogens with zero attached hydrogens (tertiary/aromatic N) is 5. The van der Waals surface area contributed by atoms with Crippen LogP contribution in [0.3, 0.4) is 0 Å². The normalized spacial score (nSPS) is 12.0. The van der Waals surface area contributed by atoms with Gasteiger partial charge in [0.25, 0.3) is 0 Å². The summed E-state index contributed by atoms with van der Waals surface area (Å²) in [5.41, 5.74) is 4.66. The Bertz CT molecular complexity index is 1120. The number of rotatable bonds is 3. The summed E-state index contributed by atoms with van der Waals surface area (Å²) in [6.07, 6.45) is 1.52. The summed E-state index contributed by atoms with van der Waals surface area (Å²) >= 11 is 0. The van der Waals surface area contributed by atoms with E-state index in [1.54, 1.807) is 17.5 Å². The number of hydrazone groups is 1. The van der Waals surface area contributed by atoms with E-state index in [0.717, 1.165) is 10.8 Å². The second kappa shape index (κ2) is 5.75. The molecule has 0 bridgehead atoms. The first-order chi connectivity index (χ1) is 12.1. The molecule has 0 unspecified atom stereocenters. The second-order valence-electron chi connectivity index (χ2n) is 5.50. The molecule has 2 aromatic heterocycles. The number of anilines is 1. The predicted octanol–water partition coefficient (Wildman–Crippen LogP) is 2.52. The Labute approximate surface area is 142 Å². The molecule has 2 heterocycles. The van der Waals surface area contributed by atoms with Gasteiger partial charge < -0.3 is 10.2 Å². The van der Waals surface area contributed by atoms with Crippen LogP contribution < -0.4 is 5.43 Å². The van der Waals surface area contributed by atoms with Crippen LogP contribution in [0.5, 0.6) is 11.5 Å². The zero-order valence-corrected chi connectivity index (χ0v) is 13.2. The third-order valence-corrected chi connectivity index (χ3v) is 3.86. The number of nitrogens with one attached hydrogen (secondary N) is 1. The van der Waals surface area contributed by atoms with Crippen LogP contribution in [0.25, 0.3) is 16.4 Å². The van der Waals surface area contributed by atoms with Gasteiger partial charge in [-0.1, -0.05) is 24.3 Å². The zero-order chi connectivity index (χ0) is 17.4. The lowest BCUT2D eigenvalue weighted by molar-refractivity contribution is 0.450. The number of benzene rings is 2. The maximum absolute atomic E-state index is 9.94. The van der Waals surface area contributed by atoms with Gasteiger partial charge in [0.1, 0.15) is 17.8 Å². The number of fused-ring (bicyclic) bond motifs is 3. The number of phenols is 2. The Balaban J connectivity index is 1.77. The van der Waals surface area contributed by atoms with Crippen molar-refractivity contribution in [1.29, 1.82) is 0 Å². The Hall–Kier alpha value is -3.68. The summed E-state index contributed by atoms with van der Waals surface area (Å²) in [6.45, 7) is 1.75. The molecule has 25 heavy (non-hydrogen) atoms. The number of hydrogen-bond donors (Lipinski definition) is 3. The highest BCUT2D eigenvalue weighted by Gasteiger charge is 2.10. The predicted molar refractivity (Wildman–Crippen MR) is 93.9 cm³/mol. The summed E-state index contributed by atoms with van der Waals surface area (Å²) in [5.74, 6) is 0.489. The van der Waals surface area contributed by atoms with Gasteiger partial charge in [-0.05, 0) is 19.1 Å². The van der Waals surface area contributed by atoms with Gasteiger partial charge >= 0.3 is 0 Å². The van der Waals surface area contributed by atoms with Gasteiger partial charge in [0.15, 0.2) is 11.5 Å². The van der Waals surface area contributed by atoms with E-state index in [1.807, 2.05) is 24.3 Å². The maximum Gasteiger partial charge on any atom is 0.185 e. The van der Waals surface area contributed by atoms with E-state index >= 15 is 0 Å². The minimum atomic E-state index is -0.0462. The Morgan fingerprint density at radius 3 is 2.72 bits per heavy atom. The van der Waals surface area contributed by atoms with Crippen molar-refractivity contribution in [3.63, 3.8) is 0 Å². The zero-order valence-electron chi connectivity index (χ0n) is 13.2. The summed E-state index contributed by atoms with van der Waals surface area (Å²) in [6, 6.07) is 12.0. The minimum absolute atomic E-state index is 0.00673. The summed E-state index contributed by atoms with van der Waals surface area (Å²) in [7, 11) is 0. The van der Waals surface area contributed by atoms with Crippen molar-refractivity contribution in [2.75, 3.05) is 5.43 Å². The molecular weight excluding hydrogens is 320 g/mol. The molecule has 3 N–H and O–H groups in total. The minimum Gasteiger partial charge on any atom is -0.508 e. The number of aromatic nitrogens is 4. The van der Waals surface area contributed by atoms with Gasteiger partial charge in [0.05, 0.1) is 5.71 Å². The van der Waals surface area contributed by atoms with Crippen molar-refractivity contribution in [3.05, 3.63) is 54.4 Å². The summed E-state index contributed by atoms with van der Waals surface area (Å²) in [5, 5.41) is 37.8. The number of phenolic OH excluding ortho intramolecular Hbond substituents is 2. The third-order valence-electron chi connectivity index (χ3n) is 3.86. The Morgan fingerprint density at radius 2 is 1.92 bits per heavy atom. The van der Waals surface area contributed by atoms with Crippen LogP contribution >= 0.6 is 0 Å². The smallest absolute Gasteiger partial charge is 0.185 e. The number of aromatic hydroxyl groups is 2. The van der Waals surface area contributed by atoms with Crippen LogP contribution in [0.2, 0.25) is 0 Å². The first-order valence-corrected chi connectivity index (χ1v) is 7.55. The van der Waals surface area contributed by atoms with Gasteiger partial charge in [0.2, 0.25) is 0 Å². The van der Waals surface area contributed by atoms with Crippen molar-refractivity contribution in [2.24, 2.45) is 5.10 Å². The standard InChI is InChI=1S/C17H14N6O2/c1-10(12-7-6-11(24)8-15(12)25)19-20-16-13-4-2-3-5-14(13)17-21-18-9-23(17)22-16/h2-9,24-25H,1H3,(H,20,22)/b19-10+. The quantitative estimate of drug-likeness (QED) is 0.392. The molecule has 0 spiro atoms. The lowest BCUT2D eigenvalue weighted by Gasteiger charge is -2.08. The fraction of sp³-hybridized carbons (Fsp3) is 0.0588. The molecule has 0 atom stereocenters. The first kappa shape index (κ1) is 14.9. The van der Waals surface area contributed by atoms with Crippen molar-refractivity contribution in [2.45, 2.75) is 6.92 Å². The fourth-order valence-electron chi connectivity index (χ4n) is 2.63. The molecule has 0 aliphatic heterocycles. The molecule has 2 aromatic carbocycles. The molecule has 0 aliphatic carbocycles. The van der Waals surface area contributed by atoms with E-state index in [4.69, 9.17) is 0 Å². The van der Waals surface area contributed by atoms with E-state index in [1.165, 1.54) is 18.5 Å². The Morgan fingerprint density at radius 1 is 1.12 bits per heavy atom. The van der Waals surface area contributed by atoms with Gasteiger partial charge in [0, 0.05) is 22.4 Å². The molecule has 8 nitrogen and oxygen atoms in total. The average Bonchev–Trinajstić information content (AvgIpc) is 3.08. The molecule has 0 amide bonds. The molecule has 124 valence electrons. The summed E-state index contributed by atoms with van der Waals surface area (Å²) < 4.78 is 1.58. The lowest BCUT2D eigenvalue weighted by Crippen LogP contribution is -2.04. The molecule has 8 heteroatoms. The van der Waals surface area contributed by atoms with Crippen molar-refractivity contribution >= 4 is 27.9 Å². The van der Waals surface area contributed by atoms with Gasteiger partial charge in [-0.25, -0.2) is 0 Å². The average molecular weight is 334 g/mol. The van der Waals surface area contributed by atoms with Crippen LogP contribution in [0, 0.1) is 0 Å². The van der Waals surface area contributed by atoms with Gasteiger partial charge in [-0.2, -0.15) is 9.62 Å². The van der Waals surface area contributed by atoms with Crippen LogP contribution in [0.4, 0.5) is 5.82 Å². The fourth-order valence-corrected chi connectivity index (χ4v) is 2.63. The molecule has 4 aromatic rings. The van der Waals surface area contributed by atoms with Crippen molar-refractivity contribution < 1.29 is 10.2 Å². The molecule has 0 saturated carbocycles. The molecule has 0 saturated heterocycles. The van der Waals surface area contributed by atoms with Crippen LogP contribution in [0.1, 0.15) is 12.5 Å². The van der Waals surface area contributed by atoms with Crippen LogP contribution in [-0.4, -0.2) is 35.7 Å². The highest BCUT2D eigenvalue weighted by atomic mass is 16.3. The van der Waals surface area contributed by atoms with E-state index < -0.39 is 0 Å². The van der Waals surface area contributed by atoms with E-state index in [0.29, 0.717) is 22.7 Å².